The van der Waals surface area contributed by atoms with Gasteiger partial charge in [0.25, 0.3) is 0 Å². The molecule has 1 saturated carbocycles. The van der Waals surface area contributed by atoms with E-state index in [2.05, 4.69) is 20.3 Å². The van der Waals surface area contributed by atoms with Crippen LogP contribution in [0.15, 0.2) is 0 Å². The minimum Gasteiger partial charge on any atom is -0.467 e. The van der Waals surface area contributed by atoms with Gasteiger partial charge in [-0.2, -0.15) is 15.0 Å². The Balaban J connectivity index is 2.09. The van der Waals surface area contributed by atoms with E-state index in [1.54, 1.807) is 0 Å². The maximum Gasteiger partial charge on any atom is 0.322 e. The van der Waals surface area contributed by atoms with Crippen molar-refractivity contribution >= 4 is 17.5 Å². The van der Waals surface area contributed by atoms with Crippen molar-refractivity contribution < 1.29 is 4.74 Å². The Hall–Kier alpha value is -1.10. The first-order chi connectivity index (χ1) is 7.28. The highest BCUT2D eigenvalue weighted by molar-refractivity contribution is 6.28. The van der Waals surface area contributed by atoms with Crippen LogP contribution in [0.2, 0.25) is 5.28 Å². The number of hydrogen-bond donors (Lipinski definition) is 1. The predicted molar refractivity (Wildman–Crippen MR) is 57.3 cm³/mol. The van der Waals surface area contributed by atoms with E-state index >= 15 is 0 Å². The number of nitrogens with one attached hydrogen (secondary N) is 1. The molecule has 0 unspecified atom stereocenters. The summed E-state index contributed by atoms with van der Waals surface area (Å²) in [5, 5.41) is 3.38. The molecule has 6 heteroatoms. The van der Waals surface area contributed by atoms with Crippen LogP contribution in [0.5, 0.6) is 6.01 Å². The van der Waals surface area contributed by atoms with Gasteiger partial charge < -0.3 is 10.1 Å². The van der Waals surface area contributed by atoms with E-state index in [9.17, 15) is 0 Å². The van der Waals surface area contributed by atoms with Gasteiger partial charge in [0.1, 0.15) is 0 Å². The molecule has 15 heavy (non-hydrogen) atoms. The normalized spacial score (nSPS) is 16.7. The molecule has 82 valence electrons. The fourth-order valence-electron chi connectivity index (χ4n) is 1.74. The van der Waals surface area contributed by atoms with Crippen molar-refractivity contribution in [1.29, 1.82) is 0 Å². The number of anilines is 1. The molecular weight excluding hydrogens is 216 g/mol. The van der Waals surface area contributed by atoms with Crippen LogP contribution in [0.4, 0.5) is 5.95 Å². The molecule has 0 atom stereocenters. The Labute approximate surface area is 93.2 Å². The van der Waals surface area contributed by atoms with Crippen molar-refractivity contribution in [2.75, 3.05) is 12.4 Å². The SMILES string of the molecule is COc1nc(Cl)nc(NC2CCCC2)n1. The minimum absolute atomic E-state index is 0.155. The Bertz CT molecular complexity index is 341. The van der Waals surface area contributed by atoms with Gasteiger partial charge in [0, 0.05) is 6.04 Å². The third kappa shape index (κ3) is 2.68. The molecule has 5 nitrogen and oxygen atoms in total. The Kier molecular flexibility index (Phi) is 3.20. The number of halogens is 1. The molecule has 1 aromatic rings. The van der Waals surface area contributed by atoms with Gasteiger partial charge in [-0.15, -0.1) is 0 Å². The molecule has 0 bridgehead atoms. The molecule has 1 N–H and O–H groups in total. The van der Waals surface area contributed by atoms with E-state index < -0.39 is 0 Å². The van der Waals surface area contributed by atoms with Gasteiger partial charge in [-0.3, -0.25) is 0 Å². The Morgan fingerprint density at radius 1 is 1.27 bits per heavy atom. The lowest BCUT2D eigenvalue weighted by Gasteiger charge is -2.11. The van der Waals surface area contributed by atoms with Crippen LogP contribution in [0.3, 0.4) is 0 Å². The molecule has 0 saturated heterocycles. The van der Waals surface area contributed by atoms with Crippen molar-refractivity contribution in [3.8, 4) is 6.01 Å². The zero-order valence-electron chi connectivity index (χ0n) is 8.53. The first-order valence-corrected chi connectivity index (χ1v) is 5.38. The molecule has 0 radical (unpaired) electrons. The van der Waals surface area contributed by atoms with Gasteiger partial charge in [-0.25, -0.2) is 0 Å². The van der Waals surface area contributed by atoms with E-state index in [1.807, 2.05) is 0 Å². The monoisotopic (exact) mass is 228 g/mol. The summed E-state index contributed by atoms with van der Waals surface area (Å²) in [6.45, 7) is 0. The van der Waals surface area contributed by atoms with E-state index in [4.69, 9.17) is 16.3 Å². The summed E-state index contributed by atoms with van der Waals surface area (Å²) in [5.74, 6) is 0.499. The summed E-state index contributed by atoms with van der Waals surface area (Å²) in [6.07, 6.45) is 4.83. The highest BCUT2D eigenvalue weighted by Gasteiger charge is 2.16. The minimum atomic E-state index is 0.155. The lowest BCUT2D eigenvalue weighted by atomic mass is 10.3. The lowest BCUT2D eigenvalue weighted by molar-refractivity contribution is 0.378. The average Bonchev–Trinajstić information content (AvgIpc) is 2.69. The Morgan fingerprint density at radius 3 is 2.67 bits per heavy atom. The first kappa shape index (κ1) is 10.4. The molecule has 1 heterocycles. The van der Waals surface area contributed by atoms with E-state index in [-0.39, 0.29) is 11.3 Å². The number of ether oxygens (including phenoxy) is 1. The van der Waals surface area contributed by atoms with Gasteiger partial charge in [0.15, 0.2) is 0 Å². The summed E-state index contributed by atoms with van der Waals surface area (Å²) in [6, 6.07) is 0.698. The zero-order valence-corrected chi connectivity index (χ0v) is 9.29. The third-order valence-corrected chi connectivity index (χ3v) is 2.63. The van der Waals surface area contributed by atoms with E-state index in [0.29, 0.717) is 12.0 Å². The second kappa shape index (κ2) is 4.61. The summed E-state index contributed by atoms with van der Waals surface area (Å²) < 4.78 is 4.91. The summed E-state index contributed by atoms with van der Waals surface area (Å²) >= 11 is 5.73. The maximum atomic E-state index is 5.73. The average molecular weight is 229 g/mol. The van der Waals surface area contributed by atoms with Crippen LogP contribution < -0.4 is 10.1 Å². The van der Waals surface area contributed by atoms with Crippen molar-refractivity contribution in [2.45, 2.75) is 31.7 Å². The first-order valence-electron chi connectivity index (χ1n) is 5.00. The molecule has 0 aromatic carbocycles. The van der Waals surface area contributed by atoms with Crippen molar-refractivity contribution in [3.63, 3.8) is 0 Å². The number of rotatable bonds is 3. The van der Waals surface area contributed by atoms with Crippen molar-refractivity contribution in [3.05, 3.63) is 5.28 Å². The van der Waals surface area contributed by atoms with Crippen LogP contribution in [0.1, 0.15) is 25.7 Å². The van der Waals surface area contributed by atoms with Crippen molar-refractivity contribution in [1.82, 2.24) is 15.0 Å². The van der Waals surface area contributed by atoms with Gasteiger partial charge in [-0.05, 0) is 24.4 Å². The summed E-state index contributed by atoms with van der Waals surface area (Å²) in [5.41, 5.74) is 0. The zero-order chi connectivity index (χ0) is 10.7. The largest absolute Gasteiger partial charge is 0.467 e. The molecule has 0 amide bonds. The molecule has 0 aliphatic heterocycles. The predicted octanol–water partition coefficient (Wildman–Crippen LogP) is 1.89. The molecular formula is C9H13ClN4O. The topological polar surface area (TPSA) is 59.9 Å². The summed E-state index contributed by atoms with van der Waals surface area (Å²) in [4.78, 5) is 11.9. The van der Waals surface area contributed by atoms with Gasteiger partial charge in [0.05, 0.1) is 7.11 Å². The fourth-order valence-corrected chi connectivity index (χ4v) is 1.89. The summed E-state index contributed by atoms with van der Waals surface area (Å²) in [7, 11) is 1.50. The molecule has 0 spiro atoms. The standard InChI is InChI=1S/C9H13ClN4O/c1-15-9-13-7(10)12-8(14-9)11-6-4-2-3-5-6/h6H,2-5H2,1H3,(H,11,12,13,14). The quantitative estimate of drug-likeness (QED) is 0.856. The number of methoxy groups -OCH3 is 1. The fraction of sp³-hybridized carbons (Fsp3) is 0.667. The second-order valence-corrected chi connectivity index (χ2v) is 3.88. The third-order valence-electron chi connectivity index (χ3n) is 2.46. The van der Waals surface area contributed by atoms with Crippen LogP contribution >= 0.6 is 11.6 Å². The molecule has 1 aliphatic carbocycles. The molecule has 2 rings (SSSR count). The van der Waals surface area contributed by atoms with Crippen molar-refractivity contribution in [2.24, 2.45) is 0 Å². The number of aromatic nitrogens is 3. The van der Waals surface area contributed by atoms with Gasteiger partial charge in [-0.1, -0.05) is 12.8 Å². The van der Waals surface area contributed by atoms with E-state index in [1.165, 1.54) is 20.0 Å². The molecule has 1 aliphatic rings. The molecule has 1 aromatic heterocycles. The van der Waals surface area contributed by atoms with Gasteiger partial charge in [0.2, 0.25) is 11.2 Å². The smallest absolute Gasteiger partial charge is 0.322 e. The van der Waals surface area contributed by atoms with Gasteiger partial charge >= 0.3 is 6.01 Å². The highest BCUT2D eigenvalue weighted by Crippen LogP contribution is 2.21. The van der Waals surface area contributed by atoms with Crippen LogP contribution in [0, 0.1) is 0 Å². The maximum absolute atomic E-state index is 5.73. The number of hydrogen-bond acceptors (Lipinski definition) is 5. The molecule has 1 fully saturated rings. The van der Waals surface area contributed by atoms with Crippen LogP contribution in [-0.4, -0.2) is 28.1 Å². The van der Waals surface area contributed by atoms with Crippen LogP contribution in [-0.2, 0) is 0 Å². The van der Waals surface area contributed by atoms with E-state index in [0.717, 1.165) is 12.8 Å². The highest BCUT2D eigenvalue weighted by atomic mass is 35.5. The number of nitrogens with zero attached hydrogens (tertiary/aromatic N) is 3. The lowest BCUT2D eigenvalue weighted by Crippen LogP contribution is -2.17. The second-order valence-electron chi connectivity index (χ2n) is 3.54. The van der Waals surface area contributed by atoms with Crippen LogP contribution in [0.25, 0.3) is 0 Å². The Morgan fingerprint density at radius 2 is 2.00 bits per heavy atom.